The van der Waals surface area contributed by atoms with E-state index in [9.17, 15) is 5.26 Å². The predicted molar refractivity (Wildman–Crippen MR) is 96.2 cm³/mol. The van der Waals surface area contributed by atoms with Gasteiger partial charge in [-0.3, -0.25) is 0 Å². The Morgan fingerprint density at radius 3 is 3.09 bits per heavy atom. The van der Waals surface area contributed by atoms with Crippen LogP contribution in [0.3, 0.4) is 0 Å². The van der Waals surface area contributed by atoms with Crippen LogP contribution in [0.25, 0.3) is 0 Å². The van der Waals surface area contributed by atoms with E-state index in [0.29, 0.717) is 16.9 Å². The smallest absolute Gasteiger partial charge is 0.183 e. The van der Waals surface area contributed by atoms with Gasteiger partial charge in [-0.15, -0.1) is 11.3 Å². The lowest BCUT2D eigenvalue weighted by atomic mass is 9.99. The van der Waals surface area contributed by atoms with Gasteiger partial charge < -0.3 is 10.2 Å². The van der Waals surface area contributed by atoms with Crippen molar-refractivity contribution in [2.45, 2.75) is 26.3 Å². The summed E-state index contributed by atoms with van der Waals surface area (Å²) < 4.78 is 0.550. The van der Waals surface area contributed by atoms with Gasteiger partial charge in [-0.25, -0.2) is 4.98 Å². The maximum Gasteiger partial charge on any atom is 0.183 e. The van der Waals surface area contributed by atoms with Crippen LogP contribution in [-0.2, 0) is 6.54 Å². The molecule has 3 rings (SSSR count). The fourth-order valence-electron chi connectivity index (χ4n) is 2.97. The molecule has 23 heavy (non-hydrogen) atoms. The average molecular weight is 347 g/mol. The first kappa shape index (κ1) is 16.1. The number of halogens is 1. The lowest BCUT2D eigenvalue weighted by Gasteiger charge is -2.33. The Hall–Kier alpha value is -1.77. The molecule has 1 N–H and O–H groups in total. The number of hydrogen-bond donors (Lipinski definition) is 1. The summed E-state index contributed by atoms with van der Waals surface area (Å²) >= 11 is 7.30. The van der Waals surface area contributed by atoms with Crippen LogP contribution in [0.2, 0.25) is 4.47 Å². The molecule has 0 saturated carbocycles. The zero-order valence-electron chi connectivity index (χ0n) is 13.1. The van der Waals surface area contributed by atoms with Gasteiger partial charge in [-0.2, -0.15) is 5.26 Å². The van der Waals surface area contributed by atoms with Crippen LogP contribution < -0.4 is 10.2 Å². The van der Waals surface area contributed by atoms with Gasteiger partial charge in [0.25, 0.3) is 0 Å². The van der Waals surface area contributed by atoms with Crippen molar-refractivity contribution in [1.82, 2.24) is 4.98 Å². The van der Waals surface area contributed by atoms with Gasteiger partial charge in [0.2, 0.25) is 0 Å². The summed E-state index contributed by atoms with van der Waals surface area (Å²) in [6.45, 7) is 5.00. The van der Waals surface area contributed by atoms with Crippen LogP contribution in [0, 0.1) is 17.2 Å². The molecule has 2 heterocycles. The zero-order valence-corrected chi connectivity index (χ0v) is 14.6. The number of rotatable bonds is 4. The second-order valence-corrected chi connectivity index (χ2v) is 7.67. The number of nitrogens with zero attached hydrogens (tertiary/aromatic N) is 3. The SMILES string of the molecule is CC1CCCN(c2ccc(NCc3cnc(Cl)s3)cc2C#N)C1. The Kier molecular flexibility index (Phi) is 5.04. The molecule has 1 aromatic carbocycles. The molecule has 2 aromatic rings. The number of thiazole rings is 1. The van der Waals surface area contributed by atoms with Crippen LogP contribution in [0.4, 0.5) is 11.4 Å². The average Bonchev–Trinajstić information content (AvgIpc) is 2.98. The van der Waals surface area contributed by atoms with E-state index in [-0.39, 0.29) is 0 Å². The van der Waals surface area contributed by atoms with E-state index in [1.807, 2.05) is 12.1 Å². The van der Waals surface area contributed by atoms with Crippen molar-refractivity contribution in [3.8, 4) is 6.07 Å². The largest absolute Gasteiger partial charge is 0.380 e. The summed E-state index contributed by atoms with van der Waals surface area (Å²) in [4.78, 5) is 7.43. The molecule has 0 bridgehead atoms. The van der Waals surface area contributed by atoms with E-state index in [2.05, 4.69) is 34.3 Å². The highest BCUT2D eigenvalue weighted by atomic mass is 35.5. The van der Waals surface area contributed by atoms with Crippen LogP contribution in [0.5, 0.6) is 0 Å². The minimum atomic E-state index is 0.550. The molecule has 0 spiro atoms. The fourth-order valence-corrected chi connectivity index (χ4v) is 3.89. The molecule has 1 fully saturated rings. The van der Waals surface area contributed by atoms with Crippen LogP contribution in [0.1, 0.15) is 30.2 Å². The Bertz CT molecular complexity index is 722. The van der Waals surface area contributed by atoms with E-state index in [4.69, 9.17) is 11.6 Å². The van der Waals surface area contributed by atoms with E-state index < -0.39 is 0 Å². The predicted octanol–water partition coefficient (Wildman–Crippen LogP) is 4.52. The van der Waals surface area contributed by atoms with Crippen LogP contribution >= 0.6 is 22.9 Å². The summed E-state index contributed by atoms with van der Waals surface area (Å²) in [5.74, 6) is 0.684. The van der Waals surface area contributed by atoms with Crippen molar-refractivity contribution in [2.75, 3.05) is 23.3 Å². The number of nitrogens with one attached hydrogen (secondary N) is 1. The van der Waals surface area contributed by atoms with Crippen molar-refractivity contribution in [2.24, 2.45) is 5.92 Å². The lowest BCUT2D eigenvalue weighted by molar-refractivity contribution is 0.446. The topological polar surface area (TPSA) is 52.0 Å². The maximum atomic E-state index is 9.50. The Balaban J connectivity index is 1.73. The maximum absolute atomic E-state index is 9.50. The summed E-state index contributed by atoms with van der Waals surface area (Å²) in [6, 6.07) is 8.36. The van der Waals surface area contributed by atoms with Crippen LogP contribution in [-0.4, -0.2) is 18.1 Å². The number of anilines is 2. The van der Waals surface area contributed by atoms with Crippen molar-refractivity contribution in [3.63, 3.8) is 0 Å². The van der Waals surface area contributed by atoms with Gasteiger partial charge in [-0.1, -0.05) is 18.5 Å². The molecule has 4 nitrogen and oxygen atoms in total. The number of benzene rings is 1. The minimum Gasteiger partial charge on any atom is -0.380 e. The van der Waals surface area contributed by atoms with Gasteiger partial charge in [0.15, 0.2) is 4.47 Å². The van der Waals surface area contributed by atoms with Crippen molar-refractivity contribution >= 4 is 34.3 Å². The Labute approximate surface area is 145 Å². The molecular formula is C17H19ClN4S. The molecule has 1 atom stereocenters. The number of aromatic nitrogens is 1. The molecule has 0 aliphatic carbocycles. The standard InChI is InChI=1S/C17H19ClN4S/c1-12-3-2-6-22(11-12)16-5-4-14(7-13(16)8-19)20-9-15-10-21-17(18)23-15/h4-5,7,10,12,20H,2-3,6,9,11H2,1H3. The van der Waals surface area contributed by atoms with E-state index >= 15 is 0 Å². The molecule has 0 radical (unpaired) electrons. The highest BCUT2D eigenvalue weighted by molar-refractivity contribution is 7.15. The monoisotopic (exact) mass is 346 g/mol. The fraction of sp³-hybridized carbons (Fsp3) is 0.412. The van der Waals surface area contributed by atoms with Crippen molar-refractivity contribution < 1.29 is 0 Å². The van der Waals surface area contributed by atoms with Crippen LogP contribution in [0.15, 0.2) is 24.4 Å². The lowest BCUT2D eigenvalue weighted by Crippen LogP contribution is -2.34. The first-order valence-electron chi connectivity index (χ1n) is 7.79. The highest BCUT2D eigenvalue weighted by Gasteiger charge is 2.19. The third kappa shape index (κ3) is 3.95. The minimum absolute atomic E-state index is 0.550. The summed E-state index contributed by atoms with van der Waals surface area (Å²) in [6.07, 6.45) is 4.24. The van der Waals surface area contributed by atoms with Gasteiger partial charge in [0.05, 0.1) is 17.8 Å². The van der Waals surface area contributed by atoms with E-state index in [1.54, 1.807) is 6.20 Å². The summed E-state index contributed by atoms with van der Waals surface area (Å²) in [7, 11) is 0. The third-order valence-electron chi connectivity index (χ3n) is 4.11. The first-order valence-corrected chi connectivity index (χ1v) is 8.98. The Morgan fingerprint density at radius 1 is 1.52 bits per heavy atom. The van der Waals surface area contributed by atoms with Gasteiger partial charge in [-0.05, 0) is 37.0 Å². The number of hydrogen-bond acceptors (Lipinski definition) is 5. The van der Waals surface area contributed by atoms with Gasteiger partial charge in [0.1, 0.15) is 6.07 Å². The summed E-state index contributed by atoms with van der Waals surface area (Å²) in [5.41, 5.74) is 2.72. The number of nitriles is 1. The van der Waals surface area contributed by atoms with Crippen molar-refractivity contribution in [3.05, 3.63) is 39.3 Å². The second-order valence-electron chi connectivity index (χ2n) is 5.97. The highest BCUT2D eigenvalue weighted by Crippen LogP contribution is 2.28. The quantitative estimate of drug-likeness (QED) is 0.884. The zero-order chi connectivity index (χ0) is 16.2. The molecule has 1 unspecified atom stereocenters. The molecule has 1 saturated heterocycles. The first-order chi connectivity index (χ1) is 11.2. The van der Waals surface area contributed by atoms with E-state index in [0.717, 1.165) is 34.9 Å². The van der Waals surface area contributed by atoms with Gasteiger partial charge in [0, 0.05) is 29.9 Å². The molecule has 1 aromatic heterocycles. The van der Waals surface area contributed by atoms with E-state index in [1.165, 1.54) is 24.2 Å². The second kappa shape index (κ2) is 7.20. The molecule has 6 heteroatoms. The number of piperidine rings is 1. The molecule has 1 aliphatic rings. The third-order valence-corrected chi connectivity index (χ3v) is 5.22. The Morgan fingerprint density at radius 2 is 2.39 bits per heavy atom. The van der Waals surface area contributed by atoms with Gasteiger partial charge >= 0.3 is 0 Å². The van der Waals surface area contributed by atoms with Crippen molar-refractivity contribution in [1.29, 1.82) is 5.26 Å². The molecule has 1 aliphatic heterocycles. The normalized spacial score (nSPS) is 17.8. The molecule has 120 valence electrons. The summed E-state index contributed by atoms with van der Waals surface area (Å²) in [5, 5.41) is 12.8. The molecular weight excluding hydrogens is 328 g/mol. The molecule has 0 amide bonds.